The molecule has 0 aromatic heterocycles. The fraction of sp³-hybridized carbons (Fsp3) is 0.791. The van der Waals surface area contributed by atoms with Gasteiger partial charge in [0.1, 0.15) is 128 Å². The van der Waals surface area contributed by atoms with E-state index in [1.807, 2.05) is 0 Å². The molecule has 0 bridgehead atoms. The van der Waals surface area contributed by atoms with Crippen LogP contribution in [-0.2, 0) is 152 Å². The average molecular weight is 1600 g/mol. The summed E-state index contributed by atoms with van der Waals surface area (Å²) in [4.78, 5) is 38.3. The molecule has 6 aliphatic heterocycles. The lowest BCUT2D eigenvalue weighted by atomic mass is 9.94. The molecule has 6 heterocycles. The van der Waals surface area contributed by atoms with Crippen LogP contribution in [-0.4, -0.2) is 366 Å². The maximum atomic E-state index is 13.2. The Bertz CT molecular complexity index is 3720. The second kappa shape index (κ2) is 33.4. The van der Waals surface area contributed by atoms with E-state index >= 15 is 0 Å². The summed E-state index contributed by atoms with van der Waals surface area (Å²) in [5, 5.41) is 142. The molecule has 22 N–H and O–H groups in total. The van der Waals surface area contributed by atoms with E-state index in [0.29, 0.717) is 0 Å². The molecular formula is C43H65N3O49S6. The van der Waals surface area contributed by atoms with Gasteiger partial charge in [0.15, 0.2) is 56.1 Å². The van der Waals surface area contributed by atoms with Crippen molar-refractivity contribution in [2.24, 2.45) is 0 Å². The minimum absolute atomic E-state index is 0.0858. The summed E-state index contributed by atoms with van der Waals surface area (Å²) in [7, 11) is -33.9. The largest absolute Gasteiger partial charge is 0.479 e. The van der Waals surface area contributed by atoms with Crippen molar-refractivity contribution in [3.8, 4) is 0 Å². The molecule has 0 radical (unpaired) electrons. The fourth-order valence-electron chi connectivity index (χ4n) is 10.7. The topological polar surface area (TPSA) is 815 Å². The summed E-state index contributed by atoms with van der Waals surface area (Å²) in [5.41, 5.74) is 0.0858. The number of aliphatic carboxylic acids is 3. The van der Waals surface area contributed by atoms with Gasteiger partial charge in [-0.2, -0.15) is 64.7 Å². The Kier molecular flexibility index (Phi) is 27.9. The van der Waals surface area contributed by atoms with Gasteiger partial charge in [-0.15, -0.1) is 0 Å². The Morgan fingerprint density at radius 1 is 0.356 bits per heavy atom. The van der Waals surface area contributed by atoms with Crippen LogP contribution in [0.1, 0.15) is 5.56 Å². The van der Waals surface area contributed by atoms with E-state index in [-0.39, 0.29) is 5.56 Å². The smallest absolute Gasteiger partial charge is 0.397 e. The Morgan fingerprint density at radius 3 is 1.10 bits per heavy atom. The molecule has 0 spiro atoms. The summed E-state index contributed by atoms with van der Waals surface area (Å²) in [6.45, 7) is -5.67. The van der Waals surface area contributed by atoms with Gasteiger partial charge in [-0.3, -0.25) is 27.3 Å². The van der Waals surface area contributed by atoms with E-state index in [9.17, 15) is 154 Å². The van der Waals surface area contributed by atoms with Crippen molar-refractivity contribution >= 4 is 80.0 Å². The van der Waals surface area contributed by atoms with Gasteiger partial charge in [0, 0.05) is 0 Å². The Labute approximate surface area is 566 Å². The molecule has 6 fully saturated rings. The van der Waals surface area contributed by atoms with Crippen LogP contribution in [0.25, 0.3) is 0 Å². The van der Waals surface area contributed by atoms with E-state index in [4.69, 9.17) is 61.4 Å². The van der Waals surface area contributed by atoms with Gasteiger partial charge in [0.2, 0.25) is 0 Å². The van der Waals surface area contributed by atoms with Crippen LogP contribution in [0, 0.1) is 0 Å². The van der Waals surface area contributed by atoms with Crippen LogP contribution in [0.2, 0.25) is 0 Å². The highest BCUT2D eigenvalue weighted by molar-refractivity contribution is 7.84. The lowest BCUT2D eigenvalue weighted by Crippen LogP contribution is -2.71. The maximum absolute atomic E-state index is 13.2. The molecule has 0 saturated carbocycles. The molecular weight excluding hydrogens is 1530 g/mol. The monoisotopic (exact) mass is 1600 g/mol. The number of rotatable bonds is 31. The normalized spacial score (nSPS) is 40.2. The maximum Gasteiger partial charge on any atom is 0.397 e. The first-order valence-corrected chi connectivity index (χ1v) is 36.3. The van der Waals surface area contributed by atoms with Gasteiger partial charge < -0.3 is 123 Å². The van der Waals surface area contributed by atoms with Crippen molar-refractivity contribution in [3.63, 3.8) is 0 Å². The second-order valence-corrected chi connectivity index (χ2v) is 28.9. The number of carboxylic acid groups (broad SMARTS) is 3. The summed E-state index contributed by atoms with van der Waals surface area (Å²) < 4.78 is 287. The lowest BCUT2D eigenvalue weighted by molar-refractivity contribution is -0.379. The molecule has 582 valence electrons. The quantitative estimate of drug-likeness (QED) is 0.0307. The highest BCUT2D eigenvalue weighted by atomic mass is 32.3. The number of carbonyl (C=O) groups is 3. The fourth-order valence-corrected chi connectivity index (χ4v) is 13.4. The van der Waals surface area contributed by atoms with Crippen molar-refractivity contribution < 1.29 is 228 Å². The Morgan fingerprint density at radius 2 is 0.693 bits per heavy atom. The number of hydrogen-bond donors (Lipinski definition) is 22. The van der Waals surface area contributed by atoms with Crippen LogP contribution < -0.4 is 14.2 Å². The molecule has 52 nitrogen and oxygen atoms in total. The third-order valence-electron chi connectivity index (χ3n) is 15.1. The van der Waals surface area contributed by atoms with Crippen LogP contribution >= 0.6 is 0 Å². The molecule has 58 heteroatoms. The first kappa shape index (κ1) is 84.2. The number of carboxylic acids is 3. The Balaban J connectivity index is 1.24. The van der Waals surface area contributed by atoms with Crippen LogP contribution in [0.3, 0.4) is 0 Å². The van der Waals surface area contributed by atoms with Gasteiger partial charge in [-0.1, -0.05) is 30.3 Å². The van der Waals surface area contributed by atoms with Crippen molar-refractivity contribution in [2.75, 3.05) is 19.8 Å². The predicted octanol–water partition coefficient (Wildman–Crippen LogP) is -13.9. The molecule has 0 amide bonds. The summed E-state index contributed by atoms with van der Waals surface area (Å²) in [6.07, 6.45) is -72.2. The molecule has 1 aromatic carbocycles. The number of ether oxygens (including phenoxy) is 12. The first-order valence-electron chi connectivity index (χ1n) is 27.9. The molecule has 6 aliphatic rings. The van der Waals surface area contributed by atoms with Gasteiger partial charge in [0.05, 0.1) is 26.4 Å². The van der Waals surface area contributed by atoms with Crippen molar-refractivity contribution in [2.45, 2.75) is 191 Å². The van der Waals surface area contributed by atoms with Crippen LogP contribution in [0.5, 0.6) is 0 Å². The van der Waals surface area contributed by atoms with Crippen molar-refractivity contribution in [3.05, 3.63) is 35.9 Å². The zero-order valence-electron chi connectivity index (χ0n) is 49.7. The van der Waals surface area contributed by atoms with Crippen molar-refractivity contribution in [1.82, 2.24) is 14.2 Å². The number of aliphatic hydroxyl groups excluding tert-OH is 10. The standard InChI is InChI=1S/C43H65N3O49S6/c47-17-11(7-82-99(72,73)74)85-39(14(18(17)48)44-96(63,64)65)92-30-22(52)25(55)43(95-33(30)36(58)59)90-27-13(9-84-101(78,79)80)87-41(16(46-98(69,70)71)28(27)81-6-10-4-2-1-3-5-10)93-31-21(51)24(54)42(94-34(31)37(60)61)89-26-12(8-83-100(75,76)77)86-40(15(19(26)49)45-97(66,67)68)91-29-20(50)23(53)38(62)88-32(29)35(56)57/h1-5,11-34,38-55,62H,6-9H2,(H,56,57)(H,58,59)(H,60,61)(H,63,64,65)(H,66,67,68)(H,69,70,71)(H,72,73,74)(H,75,76,77)(H,78,79,80)/t11-,12-,13-,14-,15-,16-,17-,18-,19-,20-,21-,22-,23-,24-,25-,26-,27-,28-,29+,30+,31+,32-,33-,34-,38-,39-,40-,41-,42-,43-/m1/s1. The van der Waals surface area contributed by atoms with Crippen LogP contribution in [0.15, 0.2) is 30.3 Å². The zero-order chi connectivity index (χ0) is 75.7. The van der Waals surface area contributed by atoms with Crippen molar-refractivity contribution in [1.29, 1.82) is 0 Å². The van der Waals surface area contributed by atoms with E-state index < -0.39 is 290 Å². The molecule has 30 atom stereocenters. The number of hydrogen-bond acceptors (Lipinski definition) is 40. The number of aliphatic hydroxyl groups is 10. The molecule has 0 unspecified atom stereocenters. The minimum atomic E-state index is -5.86. The van der Waals surface area contributed by atoms with E-state index in [2.05, 4.69) is 12.5 Å². The highest BCUT2D eigenvalue weighted by Gasteiger charge is 2.61. The van der Waals surface area contributed by atoms with Crippen LogP contribution in [0.4, 0.5) is 0 Å². The SMILES string of the molecule is O=C(O)[C@@H]1O[C@@H](O)[C@H](O)[C@@H](O)[C@@H]1O[C@H]1O[C@H](COS(=O)(=O)O)[C@@H](O[C@@H]2O[C@@H](C(=O)O)[C@@H](O[C@H]3O[C@H](COS(=O)(=O)O)[C@@H](O[C@@H]4O[C@@H](C(=O)O)[C@@H](O[C@H]5O[C@H](COS(=O)(=O)O)[C@@H](O)[C@H](O)[C@H]5NS(=O)(=O)O)[C@H](O)[C@H]4O)[C@H](OCc4ccccc4)[C@H]3NS(=O)(=O)O)[C@H](O)[C@H]2O)[C@H](O)[C@H]1NS(=O)(=O)O. The van der Waals surface area contributed by atoms with Gasteiger partial charge in [0.25, 0.3) is 0 Å². The number of benzene rings is 1. The Hall–Kier alpha value is -4.03. The molecule has 101 heavy (non-hydrogen) atoms. The summed E-state index contributed by atoms with van der Waals surface area (Å²) >= 11 is 0. The third kappa shape index (κ3) is 22.5. The van der Waals surface area contributed by atoms with Gasteiger partial charge >= 0.3 is 80.0 Å². The van der Waals surface area contributed by atoms with E-state index in [1.165, 1.54) is 44.5 Å². The van der Waals surface area contributed by atoms with E-state index in [1.54, 1.807) is 0 Å². The molecule has 0 aliphatic carbocycles. The van der Waals surface area contributed by atoms with Gasteiger partial charge in [-0.05, 0) is 5.56 Å². The average Bonchev–Trinajstić information content (AvgIpc) is 0.766. The summed E-state index contributed by atoms with van der Waals surface area (Å²) in [6, 6.07) is -1.06. The summed E-state index contributed by atoms with van der Waals surface area (Å²) in [5.74, 6) is -6.69. The molecule has 1 aromatic rings. The lowest BCUT2D eigenvalue weighted by Gasteiger charge is -2.51. The molecule has 6 saturated heterocycles. The predicted molar refractivity (Wildman–Crippen MR) is 298 cm³/mol. The molecule has 7 rings (SSSR count). The minimum Gasteiger partial charge on any atom is -0.479 e. The highest BCUT2D eigenvalue weighted by Crippen LogP contribution is 2.39. The first-order chi connectivity index (χ1) is 46.4. The van der Waals surface area contributed by atoms with E-state index in [0.717, 1.165) is 0 Å². The third-order valence-corrected chi connectivity index (χ3v) is 18.2. The second-order valence-electron chi connectivity index (χ2n) is 22.1. The zero-order valence-corrected chi connectivity index (χ0v) is 54.6. The van der Waals surface area contributed by atoms with Gasteiger partial charge in [-0.25, -0.2) is 26.9 Å². The number of nitrogens with one attached hydrogen (secondary N) is 3.